The Morgan fingerprint density at radius 3 is 1.94 bits per heavy atom. The third-order valence-corrected chi connectivity index (χ3v) is 15.7. The van der Waals surface area contributed by atoms with Gasteiger partial charge in [-0.2, -0.15) is 0 Å². The molecule has 3 aliphatic rings. The summed E-state index contributed by atoms with van der Waals surface area (Å²) in [4.78, 5) is 0. The van der Waals surface area contributed by atoms with Crippen LogP contribution in [0.3, 0.4) is 0 Å². The molecule has 0 bridgehead atoms. The molecule has 3 heterocycles. The Labute approximate surface area is 198 Å². The second-order valence-corrected chi connectivity index (χ2v) is 20.7. The van der Waals surface area contributed by atoms with E-state index in [1.165, 1.54) is 0 Å². The normalized spacial score (nSPS) is 31.7. The lowest BCUT2D eigenvalue weighted by atomic mass is 9.83. The molecule has 0 aromatic carbocycles. The van der Waals surface area contributed by atoms with Crippen LogP contribution < -0.4 is 0 Å². The van der Waals surface area contributed by atoms with Gasteiger partial charge in [0.05, 0.1) is 23.9 Å². The molecule has 0 aromatic rings. The molecule has 6 nitrogen and oxygen atoms in total. The van der Waals surface area contributed by atoms with Gasteiger partial charge < -0.3 is 27.3 Å². The van der Waals surface area contributed by atoms with Crippen molar-refractivity contribution >= 4 is 24.0 Å². The van der Waals surface area contributed by atoms with E-state index in [0.717, 1.165) is 0 Å². The SMILES string of the molecule is CC(C)[Si](O[C@@H]1C=C(B2OC(C)(C)C(C)(C)O2)O[C@@H]2CO[Si](C)(C)O[C@@H]12)(C(C)C)C(C)C. The minimum atomic E-state index is -2.23. The zero-order chi connectivity index (χ0) is 24.3. The molecule has 3 rings (SSSR count). The third kappa shape index (κ3) is 4.68. The standard InChI is InChI=1S/C23H45BO6Si2/c1-15(2)32(16(3)4,17(5)6)27-18-13-20(24-29-22(7,8)23(9,10)30-24)26-19-14-25-31(11,12)28-21(18)19/h13,15-19,21H,14H2,1-12H3/t18-,19-,21+/m1/s1. The molecule has 3 atom stereocenters. The van der Waals surface area contributed by atoms with Crippen molar-refractivity contribution < 1.29 is 27.3 Å². The van der Waals surface area contributed by atoms with Crippen molar-refractivity contribution in [1.82, 2.24) is 0 Å². The molecule has 0 spiro atoms. The zero-order valence-corrected chi connectivity index (χ0v) is 24.3. The minimum absolute atomic E-state index is 0.181. The molecule has 184 valence electrons. The highest BCUT2D eigenvalue weighted by Gasteiger charge is 2.57. The van der Waals surface area contributed by atoms with Crippen LogP contribution in [-0.4, -0.2) is 60.1 Å². The van der Waals surface area contributed by atoms with E-state index >= 15 is 0 Å². The number of hydrogen-bond acceptors (Lipinski definition) is 6. The smallest absolute Gasteiger partial charge is 0.493 e. The Balaban J connectivity index is 2.00. The fourth-order valence-electron chi connectivity index (χ4n) is 5.50. The van der Waals surface area contributed by atoms with Crippen molar-refractivity contribution in [3.05, 3.63) is 11.7 Å². The summed E-state index contributed by atoms with van der Waals surface area (Å²) in [6.07, 6.45) is 1.45. The molecule has 3 aliphatic heterocycles. The van der Waals surface area contributed by atoms with Crippen molar-refractivity contribution in [3.8, 4) is 0 Å². The van der Waals surface area contributed by atoms with E-state index in [-0.39, 0.29) is 18.3 Å². The van der Waals surface area contributed by atoms with E-state index in [1.54, 1.807) is 0 Å². The van der Waals surface area contributed by atoms with Crippen molar-refractivity contribution in [2.45, 2.75) is 128 Å². The summed E-state index contributed by atoms with van der Waals surface area (Å²) in [5.41, 5.74) is 1.24. The summed E-state index contributed by atoms with van der Waals surface area (Å²) < 4.78 is 38.9. The van der Waals surface area contributed by atoms with Crippen LogP contribution in [-0.2, 0) is 27.3 Å². The molecule has 0 aromatic heterocycles. The molecule has 32 heavy (non-hydrogen) atoms. The van der Waals surface area contributed by atoms with Crippen molar-refractivity contribution in [3.63, 3.8) is 0 Å². The number of ether oxygens (including phenoxy) is 1. The van der Waals surface area contributed by atoms with Crippen molar-refractivity contribution in [1.29, 1.82) is 0 Å². The predicted molar refractivity (Wildman–Crippen MR) is 133 cm³/mol. The fraction of sp³-hybridized carbons (Fsp3) is 0.913. The lowest BCUT2D eigenvalue weighted by Crippen LogP contribution is -2.62. The average Bonchev–Trinajstić information content (AvgIpc) is 2.85. The Morgan fingerprint density at radius 1 is 0.969 bits per heavy atom. The third-order valence-electron chi connectivity index (χ3n) is 7.85. The van der Waals surface area contributed by atoms with Crippen LogP contribution in [0.1, 0.15) is 69.2 Å². The molecular weight excluding hydrogens is 439 g/mol. The van der Waals surface area contributed by atoms with Gasteiger partial charge in [-0.15, -0.1) is 0 Å². The summed E-state index contributed by atoms with van der Waals surface area (Å²) in [6, 6.07) is 0. The summed E-state index contributed by atoms with van der Waals surface area (Å²) in [5.74, 6) is 0. The maximum absolute atomic E-state index is 7.23. The summed E-state index contributed by atoms with van der Waals surface area (Å²) in [7, 11) is -4.95. The number of rotatable bonds is 6. The van der Waals surface area contributed by atoms with Crippen LogP contribution >= 0.6 is 0 Å². The van der Waals surface area contributed by atoms with Gasteiger partial charge in [0.1, 0.15) is 17.9 Å². The van der Waals surface area contributed by atoms with Crippen LogP contribution in [0.4, 0.5) is 0 Å². The molecule has 0 amide bonds. The zero-order valence-electron chi connectivity index (χ0n) is 22.3. The first-order valence-corrected chi connectivity index (χ1v) is 17.2. The number of hydrogen-bond donors (Lipinski definition) is 0. The molecular formula is C23H45BO6Si2. The maximum atomic E-state index is 7.23. The Morgan fingerprint density at radius 2 is 1.47 bits per heavy atom. The molecule has 2 saturated heterocycles. The van der Waals surface area contributed by atoms with Crippen molar-refractivity contribution in [2.24, 2.45) is 0 Å². The summed E-state index contributed by atoms with van der Waals surface area (Å²) in [6.45, 7) is 26.8. The lowest BCUT2D eigenvalue weighted by molar-refractivity contribution is -0.113. The summed E-state index contributed by atoms with van der Waals surface area (Å²) in [5, 5.41) is 0. The van der Waals surface area contributed by atoms with Gasteiger partial charge in [-0.1, -0.05) is 41.5 Å². The van der Waals surface area contributed by atoms with Crippen LogP contribution in [0.25, 0.3) is 0 Å². The van der Waals surface area contributed by atoms with Gasteiger partial charge in [-0.05, 0) is 63.5 Å². The molecule has 0 saturated carbocycles. The predicted octanol–water partition coefficient (Wildman–Crippen LogP) is 5.58. The molecule has 0 unspecified atom stereocenters. The largest absolute Gasteiger partial charge is 0.531 e. The lowest BCUT2D eigenvalue weighted by Gasteiger charge is -2.50. The van der Waals surface area contributed by atoms with Gasteiger partial charge in [0.2, 0.25) is 8.32 Å². The van der Waals surface area contributed by atoms with Gasteiger partial charge in [-0.25, -0.2) is 0 Å². The molecule has 0 radical (unpaired) electrons. The van der Waals surface area contributed by atoms with Crippen LogP contribution in [0.2, 0.25) is 29.7 Å². The molecule has 0 N–H and O–H groups in total. The van der Waals surface area contributed by atoms with Crippen LogP contribution in [0, 0.1) is 0 Å². The van der Waals surface area contributed by atoms with Crippen molar-refractivity contribution in [2.75, 3.05) is 6.61 Å². The Bertz CT molecular complexity index is 684. The van der Waals surface area contributed by atoms with E-state index in [9.17, 15) is 0 Å². The van der Waals surface area contributed by atoms with Crippen LogP contribution in [0.5, 0.6) is 0 Å². The first kappa shape index (κ1) is 26.4. The summed E-state index contributed by atoms with van der Waals surface area (Å²) >= 11 is 0. The Kier molecular flexibility index (Phi) is 7.28. The Hall–Kier alpha value is -0.161. The first-order chi connectivity index (χ1) is 14.5. The van der Waals surface area contributed by atoms with Gasteiger partial charge in [0, 0.05) is 0 Å². The average molecular weight is 485 g/mol. The van der Waals surface area contributed by atoms with E-state index in [0.29, 0.717) is 28.9 Å². The van der Waals surface area contributed by atoms with E-state index < -0.39 is 35.2 Å². The van der Waals surface area contributed by atoms with Gasteiger partial charge in [0.15, 0.2) is 0 Å². The highest BCUT2D eigenvalue weighted by Crippen LogP contribution is 2.46. The minimum Gasteiger partial charge on any atom is -0.493 e. The van der Waals surface area contributed by atoms with Gasteiger partial charge >= 0.3 is 15.7 Å². The fourth-order valence-corrected chi connectivity index (χ4v) is 12.6. The first-order valence-electron chi connectivity index (χ1n) is 12.3. The highest BCUT2D eigenvalue weighted by atomic mass is 28.4. The molecule has 9 heteroatoms. The maximum Gasteiger partial charge on any atom is 0.531 e. The second kappa shape index (κ2) is 8.81. The van der Waals surface area contributed by atoms with E-state index in [1.807, 2.05) is 0 Å². The van der Waals surface area contributed by atoms with E-state index in [4.69, 9.17) is 27.3 Å². The number of fused-ring (bicyclic) bond motifs is 1. The molecule has 2 fully saturated rings. The second-order valence-electron chi connectivity index (χ2n) is 12.0. The van der Waals surface area contributed by atoms with Gasteiger partial charge in [-0.3, -0.25) is 0 Å². The van der Waals surface area contributed by atoms with E-state index in [2.05, 4.69) is 88.4 Å². The topological polar surface area (TPSA) is 55.4 Å². The molecule has 0 aliphatic carbocycles. The van der Waals surface area contributed by atoms with Crippen LogP contribution in [0.15, 0.2) is 11.7 Å². The quantitative estimate of drug-likeness (QED) is 0.459. The highest BCUT2D eigenvalue weighted by molar-refractivity contribution is 6.77. The monoisotopic (exact) mass is 484 g/mol. The van der Waals surface area contributed by atoms with Gasteiger partial charge in [0.25, 0.3) is 0 Å².